The molecular formula is C29H26Cl2N2O5. The van der Waals surface area contributed by atoms with Crippen LogP contribution >= 0.6 is 23.2 Å². The van der Waals surface area contributed by atoms with Gasteiger partial charge in [-0.2, -0.15) is 0 Å². The lowest BCUT2D eigenvalue weighted by Crippen LogP contribution is -2.24. The van der Waals surface area contributed by atoms with Gasteiger partial charge in [0.15, 0.2) is 0 Å². The molecule has 2 heterocycles. The Balaban J connectivity index is 1.80. The number of allylic oxidation sites excluding steroid dienone is 1. The van der Waals surface area contributed by atoms with Crippen LogP contribution in [0, 0.1) is 13.8 Å². The van der Waals surface area contributed by atoms with Crippen LogP contribution < -0.4 is 4.90 Å². The highest BCUT2D eigenvalue weighted by Gasteiger charge is 2.38. The Bertz CT molecular complexity index is 1520. The average Bonchev–Trinajstić information content (AvgIpc) is 3.31. The zero-order chi connectivity index (χ0) is 27.7. The Kier molecular flexibility index (Phi) is 7.81. The predicted octanol–water partition coefficient (Wildman–Crippen LogP) is 6.45. The molecule has 0 radical (unpaired) electrons. The molecule has 0 atom stereocenters. The van der Waals surface area contributed by atoms with Gasteiger partial charge in [0.05, 0.1) is 46.2 Å². The fraction of sp³-hybridized carbons (Fsp3) is 0.207. The maximum absolute atomic E-state index is 13.7. The zero-order valence-electron chi connectivity index (χ0n) is 21.6. The van der Waals surface area contributed by atoms with Gasteiger partial charge in [-0.25, -0.2) is 9.59 Å². The number of hydrogen-bond acceptors (Lipinski definition) is 5. The van der Waals surface area contributed by atoms with Crippen LogP contribution in [0.4, 0.5) is 5.69 Å². The van der Waals surface area contributed by atoms with Crippen LogP contribution in [0.2, 0.25) is 10.0 Å². The van der Waals surface area contributed by atoms with E-state index in [1.54, 1.807) is 50.3 Å². The first-order valence-electron chi connectivity index (χ1n) is 11.9. The number of carbonyl (C=O) groups is 3. The number of anilines is 1. The number of methoxy groups -OCH3 is 1. The first-order valence-corrected chi connectivity index (χ1v) is 12.6. The van der Waals surface area contributed by atoms with E-state index in [1.165, 1.54) is 12.0 Å². The molecule has 196 valence electrons. The second-order valence-electron chi connectivity index (χ2n) is 8.65. The van der Waals surface area contributed by atoms with Gasteiger partial charge in [-0.3, -0.25) is 9.69 Å². The molecule has 1 amide bonds. The highest BCUT2D eigenvalue weighted by Crippen LogP contribution is 2.37. The number of aryl methyl sites for hydroxylation is 1. The SMILES string of the molecule is CCOC(=O)c1ccc(N2C(=O)/C(=C\c3cc(C)n(-c4cccc(Cl)c4Cl)c3C)C(C(=O)OC)=C2C)cc1. The van der Waals surface area contributed by atoms with E-state index in [0.29, 0.717) is 32.7 Å². The van der Waals surface area contributed by atoms with Crippen molar-refractivity contribution in [2.24, 2.45) is 0 Å². The highest BCUT2D eigenvalue weighted by atomic mass is 35.5. The second-order valence-corrected chi connectivity index (χ2v) is 9.44. The molecule has 1 aliphatic heterocycles. The lowest BCUT2D eigenvalue weighted by molar-refractivity contribution is -0.136. The number of ether oxygens (including phenoxy) is 2. The monoisotopic (exact) mass is 552 g/mol. The van der Waals surface area contributed by atoms with Gasteiger partial charge in [-0.1, -0.05) is 29.3 Å². The van der Waals surface area contributed by atoms with E-state index in [-0.39, 0.29) is 17.8 Å². The number of halogens is 2. The smallest absolute Gasteiger partial charge is 0.340 e. The zero-order valence-corrected chi connectivity index (χ0v) is 23.1. The maximum atomic E-state index is 13.7. The molecule has 0 saturated heterocycles. The van der Waals surface area contributed by atoms with Gasteiger partial charge in [0.25, 0.3) is 5.91 Å². The van der Waals surface area contributed by atoms with Crippen LogP contribution in [0.3, 0.4) is 0 Å². The third-order valence-corrected chi connectivity index (χ3v) is 7.18. The van der Waals surface area contributed by atoms with Gasteiger partial charge < -0.3 is 14.0 Å². The summed E-state index contributed by atoms with van der Waals surface area (Å²) in [5.74, 6) is -1.47. The molecule has 0 N–H and O–H groups in total. The Morgan fingerprint density at radius 2 is 1.68 bits per heavy atom. The van der Waals surface area contributed by atoms with Crippen LogP contribution in [0.25, 0.3) is 11.8 Å². The summed E-state index contributed by atoms with van der Waals surface area (Å²) in [5.41, 5.74) is 4.76. The Hall–Kier alpha value is -3.81. The van der Waals surface area contributed by atoms with Crippen molar-refractivity contribution < 1.29 is 23.9 Å². The normalized spacial score (nSPS) is 14.4. The largest absolute Gasteiger partial charge is 0.465 e. The lowest BCUT2D eigenvalue weighted by atomic mass is 10.0. The van der Waals surface area contributed by atoms with E-state index in [0.717, 1.165) is 17.0 Å². The summed E-state index contributed by atoms with van der Waals surface area (Å²) in [6.07, 6.45) is 1.68. The van der Waals surface area contributed by atoms with E-state index in [9.17, 15) is 14.4 Å². The number of esters is 2. The Morgan fingerprint density at radius 1 is 1.00 bits per heavy atom. The number of carbonyl (C=O) groups excluding carboxylic acids is 3. The van der Waals surface area contributed by atoms with E-state index in [1.807, 2.05) is 36.6 Å². The highest BCUT2D eigenvalue weighted by molar-refractivity contribution is 6.43. The molecule has 2 aromatic carbocycles. The van der Waals surface area contributed by atoms with Crippen molar-refractivity contribution in [3.8, 4) is 5.69 Å². The lowest BCUT2D eigenvalue weighted by Gasteiger charge is -2.18. The minimum absolute atomic E-state index is 0.164. The molecular weight excluding hydrogens is 527 g/mol. The standard InChI is InChI=1S/C29H26Cl2N2O5/c1-6-38-28(35)19-10-12-21(13-11-19)33-18(4)25(29(36)37-5)22(27(33)34)15-20-14-16(2)32(17(20)3)24-9-7-8-23(30)26(24)31/h7-15H,6H2,1-5H3/b22-15-. The minimum atomic E-state index is -0.626. The van der Waals surface area contributed by atoms with Crippen LogP contribution in [0.1, 0.15) is 41.2 Å². The number of nitrogens with zero attached hydrogens (tertiary/aromatic N) is 2. The van der Waals surface area contributed by atoms with Crippen molar-refractivity contribution in [3.05, 3.63) is 97.9 Å². The minimum Gasteiger partial charge on any atom is -0.465 e. The van der Waals surface area contributed by atoms with Gasteiger partial charge in [-0.05, 0) is 81.8 Å². The molecule has 0 spiro atoms. The summed E-state index contributed by atoms with van der Waals surface area (Å²) in [4.78, 5) is 40.0. The molecule has 0 saturated carbocycles. The molecule has 1 aliphatic rings. The molecule has 0 bridgehead atoms. The average molecular weight is 553 g/mol. The molecule has 1 aromatic heterocycles. The van der Waals surface area contributed by atoms with E-state index >= 15 is 0 Å². The van der Waals surface area contributed by atoms with Crippen molar-refractivity contribution in [2.75, 3.05) is 18.6 Å². The first-order chi connectivity index (χ1) is 18.1. The van der Waals surface area contributed by atoms with Crippen LogP contribution in [0.5, 0.6) is 0 Å². The second kappa shape index (κ2) is 10.9. The number of rotatable bonds is 6. The molecule has 7 nitrogen and oxygen atoms in total. The third-order valence-electron chi connectivity index (χ3n) is 6.37. The summed E-state index contributed by atoms with van der Waals surface area (Å²) < 4.78 is 12.0. The number of hydrogen-bond donors (Lipinski definition) is 0. The van der Waals surface area contributed by atoms with Crippen LogP contribution in [0.15, 0.2) is 65.4 Å². The number of benzene rings is 2. The van der Waals surface area contributed by atoms with Gasteiger partial charge in [0, 0.05) is 22.8 Å². The fourth-order valence-corrected chi connectivity index (χ4v) is 4.96. The van der Waals surface area contributed by atoms with Crippen molar-refractivity contribution >= 4 is 52.8 Å². The Labute approximate surface area is 230 Å². The van der Waals surface area contributed by atoms with Gasteiger partial charge >= 0.3 is 11.9 Å². The van der Waals surface area contributed by atoms with E-state index in [2.05, 4.69) is 0 Å². The molecule has 0 fully saturated rings. The summed E-state index contributed by atoms with van der Waals surface area (Å²) in [5, 5.41) is 0.842. The number of amides is 1. The fourth-order valence-electron chi connectivity index (χ4n) is 4.58. The third kappa shape index (κ3) is 4.75. The predicted molar refractivity (Wildman–Crippen MR) is 148 cm³/mol. The molecule has 9 heteroatoms. The molecule has 4 rings (SSSR count). The summed E-state index contributed by atoms with van der Waals surface area (Å²) >= 11 is 12.7. The van der Waals surface area contributed by atoms with Gasteiger partial charge in [0.2, 0.25) is 0 Å². The first kappa shape index (κ1) is 27.2. The molecule has 3 aromatic rings. The van der Waals surface area contributed by atoms with E-state index in [4.69, 9.17) is 32.7 Å². The summed E-state index contributed by atoms with van der Waals surface area (Å²) in [7, 11) is 1.27. The van der Waals surface area contributed by atoms with Crippen molar-refractivity contribution in [1.82, 2.24) is 4.57 Å². The molecule has 0 aliphatic carbocycles. The molecule has 38 heavy (non-hydrogen) atoms. The van der Waals surface area contributed by atoms with E-state index < -0.39 is 17.8 Å². The van der Waals surface area contributed by atoms with Crippen molar-refractivity contribution in [2.45, 2.75) is 27.7 Å². The van der Waals surface area contributed by atoms with Gasteiger partial charge in [-0.15, -0.1) is 0 Å². The summed E-state index contributed by atoms with van der Waals surface area (Å²) in [6, 6.07) is 13.7. The van der Waals surface area contributed by atoms with Crippen LogP contribution in [-0.4, -0.2) is 36.1 Å². The Morgan fingerprint density at radius 3 is 2.32 bits per heavy atom. The van der Waals surface area contributed by atoms with Crippen LogP contribution in [-0.2, 0) is 19.1 Å². The summed E-state index contributed by atoms with van der Waals surface area (Å²) in [6.45, 7) is 7.48. The van der Waals surface area contributed by atoms with Crippen molar-refractivity contribution in [1.29, 1.82) is 0 Å². The topological polar surface area (TPSA) is 77.8 Å². The number of aromatic nitrogens is 1. The maximum Gasteiger partial charge on any atom is 0.340 e. The molecule has 0 unspecified atom stereocenters. The quantitative estimate of drug-likeness (QED) is 0.259. The van der Waals surface area contributed by atoms with Crippen molar-refractivity contribution in [3.63, 3.8) is 0 Å². The van der Waals surface area contributed by atoms with Gasteiger partial charge in [0.1, 0.15) is 0 Å².